The highest BCUT2D eigenvalue weighted by atomic mass is 19.4. The van der Waals surface area contributed by atoms with Crippen LogP contribution in [0.15, 0.2) is 59.1 Å². The van der Waals surface area contributed by atoms with Crippen molar-refractivity contribution in [2.24, 2.45) is 0 Å². The number of benzene rings is 2. The Labute approximate surface area is 163 Å². The first-order valence-electron chi connectivity index (χ1n) is 8.39. The SMILES string of the molecule is Cc1ccccc1-c1noc(COC(=O)/C=C/c2ccc(OC(F)(F)F)cc2)n1. The topological polar surface area (TPSA) is 74.5 Å². The molecule has 0 unspecified atom stereocenters. The summed E-state index contributed by atoms with van der Waals surface area (Å²) in [7, 11) is 0. The number of hydrogen-bond donors (Lipinski definition) is 0. The third kappa shape index (κ3) is 5.93. The first-order valence-corrected chi connectivity index (χ1v) is 8.39. The van der Waals surface area contributed by atoms with Crippen LogP contribution in [0.25, 0.3) is 17.5 Å². The fraction of sp³-hybridized carbons (Fsp3) is 0.150. The Bertz CT molecular complexity index is 1010. The Morgan fingerprint density at radius 3 is 2.55 bits per heavy atom. The second-order valence-electron chi connectivity index (χ2n) is 5.88. The van der Waals surface area contributed by atoms with E-state index in [4.69, 9.17) is 9.26 Å². The molecule has 9 heteroatoms. The highest BCUT2D eigenvalue weighted by Gasteiger charge is 2.30. The lowest BCUT2D eigenvalue weighted by Gasteiger charge is -2.08. The van der Waals surface area contributed by atoms with Crippen LogP contribution in [0, 0.1) is 6.92 Å². The van der Waals surface area contributed by atoms with Gasteiger partial charge in [-0.25, -0.2) is 4.79 Å². The fourth-order valence-electron chi connectivity index (χ4n) is 2.37. The van der Waals surface area contributed by atoms with Crippen LogP contribution in [0.2, 0.25) is 0 Å². The molecule has 0 aliphatic carbocycles. The van der Waals surface area contributed by atoms with Gasteiger partial charge in [-0.1, -0.05) is 41.6 Å². The lowest BCUT2D eigenvalue weighted by Crippen LogP contribution is -2.16. The molecule has 6 nitrogen and oxygen atoms in total. The molecular formula is C20H15F3N2O4. The predicted molar refractivity (Wildman–Crippen MR) is 96.4 cm³/mol. The Morgan fingerprint density at radius 2 is 1.86 bits per heavy atom. The molecule has 1 heterocycles. The van der Waals surface area contributed by atoms with Crippen molar-refractivity contribution in [3.8, 4) is 17.1 Å². The average molecular weight is 404 g/mol. The number of ether oxygens (including phenoxy) is 2. The minimum atomic E-state index is -4.75. The van der Waals surface area contributed by atoms with E-state index in [0.29, 0.717) is 11.4 Å². The summed E-state index contributed by atoms with van der Waals surface area (Å²) in [5, 5.41) is 3.86. The summed E-state index contributed by atoms with van der Waals surface area (Å²) in [6.45, 7) is 1.71. The normalized spacial score (nSPS) is 11.6. The van der Waals surface area contributed by atoms with Crippen molar-refractivity contribution in [1.82, 2.24) is 10.1 Å². The molecule has 0 aliphatic heterocycles. The van der Waals surface area contributed by atoms with Gasteiger partial charge in [0.15, 0.2) is 6.61 Å². The average Bonchev–Trinajstić information content (AvgIpc) is 3.14. The zero-order valence-corrected chi connectivity index (χ0v) is 15.1. The van der Waals surface area contributed by atoms with Crippen molar-refractivity contribution in [2.75, 3.05) is 0 Å². The van der Waals surface area contributed by atoms with Gasteiger partial charge in [0.2, 0.25) is 5.82 Å². The van der Waals surface area contributed by atoms with Crippen LogP contribution in [0.5, 0.6) is 5.75 Å². The smallest absolute Gasteiger partial charge is 0.452 e. The van der Waals surface area contributed by atoms with Gasteiger partial charge in [-0.05, 0) is 36.3 Å². The van der Waals surface area contributed by atoms with Gasteiger partial charge in [0, 0.05) is 11.6 Å². The number of nitrogens with zero attached hydrogens (tertiary/aromatic N) is 2. The third-order valence-electron chi connectivity index (χ3n) is 3.72. The lowest BCUT2D eigenvalue weighted by molar-refractivity contribution is -0.274. The molecule has 0 N–H and O–H groups in total. The second-order valence-corrected chi connectivity index (χ2v) is 5.88. The largest absolute Gasteiger partial charge is 0.573 e. The zero-order valence-electron chi connectivity index (χ0n) is 15.1. The van der Waals surface area contributed by atoms with Crippen molar-refractivity contribution >= 4 is 12.0 Å². The number of carbonyl (C=O) groups excluding carboxylic acids is 1. The van der Waals surface area contributed by atoms with Crippen LogP contribution in [-0.4, -0.2) is 22.5 Å². The van der Waals surface area contributed by atoms with Gasteiger partial charge in [0.05, 0.1) is 0 Å². The van der Waals surface area contributed by atoms with Crippen molar-refractivity contribution < 1.29 is 32.0 Å². The Kier molecular flexibility index (Phi) is 5.96. The number of esters is 1. The molecule has 29 heavy (non-hydrogen) atoms. The summed E-state index contributed by atoms with van der Waals surface area (Å²) >= 11 is 0. The first-order chi connectivity index (χ1) is 13.8. The molecule has 0 fully saturated rings. The Morgan fingerprint density at radius 1 is 1.14 bits per heavy atom. The van der Waals surface area contributed by atoms with Gasteiger partial charge in [0.1, 0.15) is 5.75 Å². The van der Waals surface area contributed by atoms with E-state index in [2.05, 4.69) is 14.9 Å². The third-order valence-corrected chi connectivity index (χ3v) is 3.72. The van der Waals surface area contributed by atoms with Crippen molar-refractivity contribution in [2.45, 2.75) is 19.9 Å². The molecule has 0 spiro atoms. The van der Waals surface area contributed by atoms with E-state index >= 15 is 0 Å². The van der Waals surface area contributed by atoms with Crippen LogP contribution in [0.1, 0.15) is 17.0 Å². The predicted octanol–water partition coefficient (Wildman–Crippen LogP) is 4.70. The molecule has 2 aromatic carbocycles. The molecule has 0 atom stereocenters. The highest BCUT2D eigenvalue weighted by molar-refractivity contribution is 5.87. The standard InChI is InChI=1S/C20H15F3N2O4/c1-13-4-2-3-5-16(13)19-24-17(29-25-19)12-27-18(26)11-8-14-6-9-15(10-7-14)28-20(21,22)23/h2-11H,12H2,1H3/b11-8+. The van der Waals surface area contributed by atoms with E-state index in [9.17, 15) is 18.0 Å². The van der Waals surface area contributed by atoms with Crippen LogP contribution in [-0.2, 0) is 16.1 Å². The minimum Gasteiger partial charge on any atom is -0.452 e. The van der Waals surface area contributed by atoms with Gasteiger partial charge in [-0.15, -0.1) is 13.2 Å². The molecule has 0 saturated carbocycles. The number of hydrogen-bond acceptors (Lipinski definition) is 6. The monoisotopic (exact) mass is 404 g/mol. The van der Waals surface area contributed by atoms with E-state index in [1.807, 2.05) is 31.2 Å². The summed E-state index contributed by atoms with van der Waals surface area (Å²) in [5.41, 5.74) is 2.29. The number of aromatic nitrogens is 2. The number of alkyl halides is 3. The van der Waals surface area contributed by atoms with Crippen molar-refractivity contribution in [3.63, 3.8) is 0 Å². The lowest BCUT2D eigenvalue weighted by atomic mass is 10.1. The van der Waals surface area contributed by atoms with E-state index in [1.165, 1.54) is 18.2 Å². The van der Waals surface area contributed by atoms with Crippen molar-refractivity contribution in [1.29, 1.82) is 0 Å². The molecule has 0 radical (unpaired) electrons. The van der Waals surface area contributed by atoms with E-state index in [1.54, 1.807) is 0 Å². The summed E-state index contributed by atoms with van der Waals surface area (Å²) < 4.78 is 50.2. The number of carbonyl (C=O) groups is 1. The molecule has 0 saturated heterocycles. The number of rotatable bonds is 6. The van der Waals surface area contributed by atoms with Gasteiger partial charge < -0.3 is 14.0 Å². The van der Waals surface area contributed by atoms with Gasteiger partial charge in [-0.2, -0.15) is 4.98 Å². The molecule has 150 valence electrons. The Balaban J connectivity index is 1.53. The molecule has 3 aromatic rings. The molecular weight excluding hydrogens is 389 g/mol. The molecule has 0 aliphatic rings. The summed E-state index contributed by atoms with van der Waals surface area (Å²) in [5.74, 6) is -0.487. The summed E-state index contributed by atoms with van der Waals surface area (Å²) in [6.07, 6.45) is -2.22. The highest BCUT2D eigenvalue weighted by Crippen LogP contribution is 2.23. The maximum Gasteiger partial charge on any atom is 0.573 e. The zero-order chi connectivity index (χ0) is 20.9. The second kappa shape index (κ2) is 8.59. The molecule has 0 bridgehead atoms. The first kappa shape index (κ1) is 20.1. The molecule has 1 aromatic heterocycles. The quantitative estimate of drug-likeness (QED) is 0.438. The van der Waals surface area contributed by atoms with Crippen LogP contribution < -0.4 is 4.74 Å². The van der Waals surface area contributed by atoms with Gasteiger partial charge in [0.25, 0.3) is 5.89 Å². The van der Waals surface area contributed by atoms with Crippen LogP contribution in [0.4, 0.5) is 13.2 Å². The van der Waals surface area contributed by atoms with Crippen molar-refractivity contribution in [3.05, 3.63) is 71.6 Å². The van der Waals surface area contributed by atoms with E-state index in [0.717, 1.165) is 29.3 Å². The minimum absolute atomic E-state index is 0.138. The van der Waals surface area contributed by atoms with Crippen LogP contribution in [0.3, 0.4) is 0 Å². The van der Waals surface area contributed by atoms with E-state index in [-0.39, 0.29) is 18.2 Å². The number of aryl methyl sites for hydroxylation is 1. The number of halogens is 3. The molecule has 0 amide bonds. The summed E-state index contributed by atoms with van der Waals surface area (Å²) in [4.78, 5) is 16.0. The maximum absolute atomic E-state index is 12.1. The van der Waals surface area contributed by atoms with Gasteiger partial charge in [-0.3, -0.25) is 0 Å². The summed E-state index contributed by atoms with van der Waals surface area (Å²) in [6, 6.07) is 12.5. The fourth-order valence-corrected chi connectivity index (χ4v) is 2.37. The van der Waals surface area contributed by atoms with Gasteiger partial charge >= 0.3 is 12.3 Å². The Hall–Kier alpha value is -3.62. The van der Waals surface area contributed by atoms with Crippen LogP contribution >= 0.6 is 0 Å². The maximum atomic E-state index is 12.1. The van der Waals surface area contributed by atoms with E-state index < -0.39 is 12.3 Å². The molecule has 3 rings (SSSR count).